The van der Waals surface area contributed by atoms with E-state index >= 15 is 0 Å². The summed E-state index contributed by atoms with van der Waals surface area (Å²) in [5, 5.41) is 6.53. The molecule has 3 aromatic rings. The van der Waals surface area contributed by atoms with Crippen LogP contribution in [0.2, 0.25) is 0 Å². The van der Waals surface area contributed by atoms with Gasteiger partial charge in [0.25, 0.3) is 0 Å². The number of aromatic nitrogens is 2. The second-order valence-electron chi connectivity index (χ2n) is 5.43. The molecule has 1 heterocycles. The summed E-state index contributed by atoms with van der Waals surface area (Å²) in [5.74, 6) is 2.22. The number of hydrogen-bond acceptors (Lipinski definition) is 5. The maximum absolute atomic E-state index is 5.25. The van der Waals surface area contributed by atoms with Crippen molar-refractivity contribution >= 4 is 33.4 Å². The van der Waals surface area contributed by atoms with Crippen LogP contribution in [-0.2, 0) is 6.42 Å². The largest absolute Gasteiger partial charge is 0.497 e. The van der Waals surface area contributed by atoms with Crippen molar-refractivity contribution in [2.75, 3.05) is 24.3 Å². The van der Waals surface area contributed by atoms with E-state index in [-0.39, 0.29) is 0 Å². The van der Waals surface area contributed by atoms with Gasteiger partial charge in [-0.1, -0.05) is 34.1 Å². The Bertz CT molecular complexity index is 841. The Labute approximate surface area is 155 Å². The lowest BCUT2D eigenvalue weighted by molar-refractivity contribution is 0.414. The molecule has 0 saturated carbocycles. The molecule has 6 heteroatoms. The standard InChI is InChI=1S/C19H19BrN4O/c1-25-17-7-2-4-14(12-17)8-10-21-18-9-11-22-19(24-18)23-16-6-3-5-15(20)13-16/h2-7,9,11-13H,8,10H2,1H3,(H2,21,22,23,24). The molecule has 0 saturated heterocycles. The molecule has 0 bridgehead atoms. The number of anilines is 3. The lowest BCUT2D eigenvalue weighted by Gasteiger charge is -2.09. The summed E-state index contributed by atoms with van der Waals surface area (Å²) < 4.78 is 6.25. The Hall–Kier alpha value is -2.60. The van der Waals surface area contributed by atoms with Crippen LogP contribution >= 0.6 is 15.9 Å². The zero-order valence-electron chi connectivity index (χ0n) is 13.9. The smallest absolute Gasteiger partial charge is 0.229 e. The van der Waals surface area contributed by atoms with Crippen LogP contribution in [0.15, 0.2) is 65.3 Å². The number of hydrogen-bond donors (Lipinski definition) is 2. The highest BCUT2D eigenvalue weighted by Gasteiger charge is 2.01. The molecule has 0 amide bonds. The summed E-state index contributed by atoms with van der Waals surface area (Å²) in [6, 6.07) is 17.8. The Morgan fingerprint density at radius 2 is 1.96 bits per heavy atom. The Morgan fingerprint density at radius 1 is 1.08 bits per heavy atom. The molecule has 0 aliphatic rings. The predicted molar refractivity (Wildman–Crippen MR) is 105 cm³/mol. The normalized spacial score (nSPS) is 10.3. The molecule has 2 N–H and O–H groups in total. The summed E-state index contributed by atoms with van der Waals surface area (Å²) in [6.45, 7) is 0.778. The minimum atomic E-state index is 0.560. The molecule has 0 unspecified atom stereocenters. The molecular formula is C19H19BrN4O. The van der Waals surface area contributed by atoms with Crippen LogP contribution in [0.3, 0.4) is 0 Å². The van der Waals surface area contributed by atoms with Gasteiger partial charge < -0.3 is 15.4 Å². The van der Waals surface area contributed by atoms with Gasteiger partial charge in [0.05, 0.1) is 7.11 Å². The van der Waals surface area contributed by atoms with Gasteiger partial charge in [0, 0.05) is 22.9 Å². The van der Waals surface area contributed by atoms with E-state index in [9.17, 15) is 0 Å². The Balaban J connectivity index is 1.58. The van der Waals surface area contributed by atoms with Crippen LogP contribution in [0.1, 0.15) is 5.56 Å². The summed E-state index contributed by atoms with van der Waals surface area (Å²) in [5.41, 5.74) is 2.15. The summed E-state index contributed by atoms with van der Waals surface area (Å²) in [6.07, 6.45) is 2.62. The van der Waals surface area contributed by atoms with Crippen LogP contribution in [-0.4, -0.2) is 23.6 Å². The van der Waals surface area contributed by atoms with Gasteiger partial charge in [0.2, 0.25) is 5.95 Å². The zero-order chi connectivity index (χ0) is 17.5. The van der Waals surface area contributed by atoms with Gasteiger partial charge in [-0.3, -0.25) is 0 Å². The monoisotopic (exact) mass is 398 g/mol. The second kappa shape index (κ2) is 8.48. The summed E-state index contributed by atoms with van der Waals surface area (Å²) in [4.78, 5) is 8.75. The Morgan fingerprint density at radius 3 is 2.80 bits per heavy atom. The van der Waals surface area contributed by atoms with E-state index in [4.69, 9.17) is 4.74 Å². The fourth-order valence-electron chi connectivity index (χ4n) is 2.38. The first-order chi connectivity index (χ1) is 12.2. The van der Waals surface area contributed by atoms with E-state index in [1.807, 2.05) is 48.5 Å². The lowest BCUT2D eigenvalue weighted by Crippen LogP contribution is -2.07. The molecule has 5 nitrogen and oxygen atoms in total. The van der Waals surface area contributed by atoms with Crippen molar-refractivity contribution in [3.63, 3.8) is 0 Å². The van der Waals surface area contributed by atoms with E-state index in [1.165, 1.54) is 5.56 Å². The molecule has 0 fully saturated rings. The number of methoxy groups -OCH3 is 1. The van der Waals surface area contributed by atoms with Crippen molar-refractivity contribution in [2.45, 2.75) is 6.42 Å². The second-order valence-corrected chi connectivity index (χ2v) is 6.34. The van der Waals surface area contributed by atoms with E-state index in [0.717, 1.165) is 34.7 Å². The highest BCUT2D eigenvalue weighted by molar-refractivity contribution is 9.10. The zero-order valence-corrected chi connectivity index (χ0v) is 15.5. The molecule has 128 valence electrons. The molecule has 0 aliphatic carbocycles. The van der Waals surface area contributed by atoms with Crippen LogP contribution in [0, 0.1) is 0 Å². The Kier molecular flexibility index (Phi) is 5.85. The number of ether oxygens (including phenoxy) is 1. The molecule has 1 aromatic heterocycles. The van der Waals surface area contributed by atoms with Gasteiger partial charge in [-0.05, 0) is 48.4 Å². The third-order valence-electron chi connectivity index (χ3n) is 3.59. The van der Waals surface area contributed by atoms with Crippen LogP contribution in [0.5, 0.6) is 5.75 Å². The lowest BCUT2D eigenvalue weighted by atomic mass is 10.1. The first-order valence-corrected chi connectivity index (χ1v) is 8.75. The van der Waals surface area contributed by atoms with Crippen molar-refractivity contribution in [2.24, 2.45) is 0 Å². The van der Waals surface area contributed by atoms with Crippen molar-refractivity contribution in [1.82, 2.24) is 9.97 Å². The van der Waals surface area contributed by atoms with Gasteiger partial charge in [-0.25, -0.2) is 4.98 Å². The molecule has 0 radical (unpaired) electrons. The fourth-order valence-corrected chi connectivity index (χ4v) is 2.77. The predicted octanol–water partition coefficient (Wildman–Crippen LogP) is 4.65. The minimum Gasteiger partial charge on any atom is -0.497 e. The topological polar surface area (TPSA) is 59.1 Å². The van der Waals surface area contributed by atoms with Gasteiger partial charge in [0.15, 0.2) is 0 Å². The quantitative estimate of drug-likeness (QED) is 0.606. The summed E-state index contributed by atoms with van der Waals surface area (Å²) >= 11 is 3.45. The third-order valence-corrected chi connectivity index (χ3v) is 4.08. The van der Waals surface area contributed by atoms with E-state index < -0.39 is 0 Å². The van der Waals surface area contributed by atoms with Crippen molar-refractivity contribution in [1.29, 1.82) is 0 Å². The molecular weight excluding hydrogens is 380 g/mol. The average Bonchev–Trinajstić information content (AvgIpc) is 2.62. The third kappa shape index (κ3) is 5.19. The van der Waals surface area contributed by atoms with Gasteiger partial charge in [-0.2, -0.15) is 4.98 Å². The first kappa shape index (κ1) is 17.2. The number of benzene rings is 2. The van der Waals surface area contributed by atoms with Crippen LogP contribution < -0.4 is 15.4 Å². The molecule has 0 aliphatic heterocycles. The molecule has 0 spiro atoms. The van der Waals surface area contributed by atoms with E-state index in [0.29, 0.717) is 5.95 Å². The number of rotatable bonds is 7. The highest BCUT2D eigenvalue weighted by atomic mass is 79.9. The van der Waals surface area contributed by atoms with Gasteiger partial charge >= 0.3 is 0 Å². The van der Waals surface area contributed by atoms with Crippen LogP contribution in [0.4, 0.5) is 17.5 Å². The number of nitrogens with one attached hydrogen (secondary N) is 2. The molecule has 2 aromatic carbocycles. The van der Waals surface area contributed by atoms with Gasteiger partial charge in [-0.15, -0.1) is 0 Å². The maximum atomic E-state index is 5.25. The maximum Gasteiger partial charge on any atom is 0.229 e. The highest BCUT2D eigenvalue weighted by Crippen LogP contribution is 2.19. The van der Waals surface area contributed by atoms with Crippen LogP contribution in [0.25, 0.3) is 0 Å². The average molecular weight is 399 g/mol. The number of nitrogens with zero attached hydrogens (tertiary/aromatic N) is 2. The SMILES string of the molecule is COc1cccc(CCNc2ccnc(Nc3cccc(Br)c3)n2)c1. The van der Waals surface area contributed by atoms with Gasteiger partial charge in [0.1, 0.15) is 11.6 Å². The van der Waals surface area contributed by atoms with E-state index in [1.54, 1.807) is 13.3 Å². The summed E-state index contributed by atoms with van der Waals surface area (Å²) in [7, 11) is 1.68. The molecule has 0 atom stereocenters. The number of halogens is 1. The first-order valence-electron chi connectivity index (χ1n) is 7.95. The minimum absolute atomic E-state index is 0.560. The van der Waals surface area contributed by atoms with Crippen molar-refractivity contribution in [3.8, 4) is 5.75 Å². The van der Waals surface area contributed by atoms with Crippen molar-refractivity contribution < 1.29 is 4.74 Å². The molecule has 25 heavy (non-hydrogen) atoms. The molecule has 3 rings (SSSR count). The van der Waals surface area contributed by atoms with Crippen molar-refractivity contribution in [3.05, 3.63) is 70.8 Å². The van der Waals surface area contributed by atoms with E-state index in [2.05, 4.69) is 42.6 Å². The fraction of sp³-hybridized carbons (Fsp3) is 0.158.